The van der Waals surface area contributed by atoms with Gasteiger partial charge in [0, 0.05) is 38.0 Å². The summed E-state index contributed by atoms with van der Waals surface area (Å²) in [7, 11) is 1.41. The molecule has 0 saturated carbocycles. The monoisotopic (exact) mass is 351 g/mol. The van der Waals surface area contributed by atoms with Gasteiger partial charge in [0.05, 0.1) is 17.8 Å². The molecule has 2 saturated heterocycles. The number of ether oxygens (including phenoxy) is 1. The Bertz CT molecular complexity index is 628. The van der Waals surface area contributed by atoms with Crippen molar-refractivity contribution >= 4 is 23.4 Å². The Balaban J connectivity index is 1.50. The number of carbonyl (C=O) groups is 1. The van der Waals surface area contributed by atoms with Crippen molar-refractivity contribution in [2.24, 2.45) is 11.8 Å². The van der Waals surface area contributed by atoms with Crippen LogP contribution >= 0.6 is 11.8 Å². The van der Waals surface area contributed by atoms with Gasteiger partial charge in [-0.25, -0.2) is 0 Å². The fourth-order valence-electron chi connectivity index (χ4n) is 3.37. The maximum atomic E-state index is 12.3. The van der Waals surface area contributed by atoms with Crippen LogP contribution in [0.3, 0.4) is 0 Å². The van der Waals surface area contributed by atoms with Crippen LogP contribution in [-0.2, 0) is 10.5 Å². The van der Waals surface area contributed by atoms with Gasteiger partial charge in [0.1, 0.15) is 0 Å². The van der Waals surface area contributed by atoms with E-state index >= 15 is 0 Å². The summed E-state index contributed by atoms with van der Waals surface area (Å²) in [6.45, 7) is 3.73. The third-order valence-electron chi connectivity index (χ3n) is 4.68. The van der Waals surface area contributed by atoms with Crippen LogP contribution < -0.4 is 10.1 Å². The van der Waals surface area contributed by atoms with Crippen molar-refractivity contribution in [3.8, 4) is 5.75 Å². The van der Waals surface area contributed by atoms with E-state index in [1.165, 1.54) is 24.9 Å². The van der Waals surface area contributed by atoms with Crippen LogP contribution in [0.4, 0.5) is 5.69 Å². The molecule has 7 nitrogen and oxygen atoms in total. The summed E-state index contributed by atoms with van der Waals surface area (Å²) in [5.74, 6) is 2.59. The molecule has 1 amide bonds. The summed E-state index contributed by atoms with van der Waals surface area (Å²) in [5.41, 5.74) is 0.782. The highest BCUT2D eigenvalue weighted by molar-refractivity contribution is 7.99. The van der Waals surface area contributed by atoms with Crippen molar-refractivity contribution in [1.29, 1.82) is 0 Å². The predicted molar refractivity (Wildman–Crippen MR) is 92.2 cm³/mol. The normalized spacial score (nSPS) is 22.5. The van der Waals surface area contributed by atoms with Gasteiger partial charge in [0.15, 0.2) is 5.75 Å². The van der Waals surface area contributed by atoms with Crippen molar-refractivity contribution in [2.75, 3.05) is 39.0 Å². The number of hydrogen-bond donors (Lipinski definition) is 1. The highest BCUT2D eigenvalue weighted by atomic mass is 32.2. The molecule has 2 heterocycles. The molecule has 0 aromatic heterocycles. The molecule has 0 unspecified atom stereocenters. The number of nitrogens with zero attached hydrogens (tertiary/aromatic N) is 2. The minimum absolute atomic E-state index is 0.0400. The minimum Gasteiger partial charge on any atom is -0.490 e. The predicted octanol–water partition coefficient (Wildman–Crippen LogP) is 1.51. The number of benzene rings is 1. The van der Waals surface area contributed by atoms with Gasteiger partial charge in [0.2, 0.25) is 5.91 Å². The number of likely N-dealkylation sites (tertiary alicyclic amines) is 1. The van der Waals surface area contributed by atoms with Gasteiger partial charge >= 0.3 is 5.69 Å². The van der Waals surface area contributed by atoms with Crippen molar-refractivity contribution in [3.05, 3.63) is 33.9 Å². The first-order valence-corrected chi connectivity index (χ1v) is 9.11. The van der Waals surface area contributed by atoms with E-state index < -0.39 is 4.92 Å². The smallest absolute Gasteiger partial charge is 0.311 e. The molecule has 1 aromatic carbocycles. The summed E-state index contributed by atoms with van der Waals surface area (Å²) in [4.78, 5) is 24.8. The second kappa shape index (κ2) is 7.40. The van der Waals surface area contributed by atoms with E-state index in [1.807, 2.05) is 4.90 Å². The zero-order valence-corrected chi connectivity index (χ0v) is 14.4. The Hall–Kier alpha value is -1.80. The molecule has 2 fully saturated rings. The van der Waals surface area contributed by atoms with Crippen LogP contribution in [0, 0.1) is 22.0 Å². The molecule has 8 heteroatoms. The standard InChI is InChI=1S/C16H21N3O4S/c1-23-15-3-2-11(4-14(15)19(21)22)9-24-10-16(20)18-7-12-5-17-6-13(12)8-18/h2-4,12-13,17H,5-10H2,1H3/t12-,13+. The van der Waals surface area contributed by atoms with Crippen molar-refractivity contribution in [3.63, 3.8) is 0 Å². The van der Waals surface area contributed by atoms with Gasteiger partial charge in [-0.05, 0) is 23.5 Å². The molecule has 130 valence electrons. The Morgan fingerprint density at radius 3 is 2.75 bits per heavy atom. The average molecular weight is 351 g/mol. The molecule has 0 radical (unpaired) electrons. The molecule has 2 atom stereocenters. The fraction of sp³-hybridized carbons (Fsp3) is 0.562. The van der Waals surface area contributed by atoms with Gasteiger partial charge in [0.25, 0.3) is 0 Å². The van der Waals surface area contributed by atoms with Crippen molar-refractivity contribution in [2.45, 2.75) is 5.75 Å². The van der Waals surface area contributed by atoms with E-state index in [4.69, 9.17) is 4.74 Å². The molecule has 1 N–H and O–H groups in total. The first kappa shape index (κ1) is 17.0. The van der Waals surface area contributed by atoms with Crippen LogP contribution in [0.25, 0.3) is 0 Å². The molecule has 2 aliphatic heterocycles. The lowest BCUT2D eigenvalue weighted by Gasteiger charge is -2.17. The van der Waals surface area contributed by atoms with Gasteiger partial charge < -0.3 is 15.0 Å². The maximum absolute atomic E-state index is 12.3. The van der Waals surface area contributed by atoms with E-state index in [2.05, 4.69) is 5.32 Å². The summed E-state index contributed by atoms with van der Waals surface area (Å²) in [6.07, 6.45) is 0. The maximum Gasteiger partial charge on any atom is 0.311 e. The second-order valence-corrected chi connectivity index (χ2v) is 7.22. The number of fused-ring (bicyclic) bond motifs is 1. The molecular formula is C16H21N3O4S. The lowest BCUT2D eigenvalue weighted by molar-refractivity contribution is -0.385. The number of carbonyl (C=O) groups excluding carboxylic acids is 1. The molecule has 0 spiro atoms. The summed E-state index contributed by atoms with van der Waals surface area (Å²) >= 11 is 1.49. The molecule has 0 bridgehead atoms. The molecular weight excluding hydrogens is 330 g/mol. The van der Waals surface area contributed by atoms with Crippen molar-refractivity contribution in [1.82, 2.24) is 10.2 Å². The zero-order valence-electron chi connectivity index (χ0n) is 13.6. The first-order chi connectivity index (χ1) is 11.6. The van der Waals surface area contributed by atoms with E-state index in [0.717, 1.165) is 31.7 Å². The van der Waals surface area contributed by atoms with E-state index in [-0.39, 0.29) is 17.3 Å². The molecule has 0 aliphatic carbocycles. The largest absolute Gasteiger partial charge is 0.490 e. The third-order valence-corrected chi connectivity index (χ3v) is 5.66. The molecule has 1 aromatic rings. The molecule has 24 heavy (non-hydrogen) atoms. The lowest BCUT2D eigenvalue weighted by Crippen LogP contribution is -2.33. The Kier molecular flexibility index (Phi) is 5.25. The number of amides is 1. The highest BCUT2D eigenvalue weighted by Crippen LogP contribution is 2.30. The summed E-state index contributed by atoms with van der Waals surface area (Å²) < 4.78 is 4.99. The van der Waals surface area contributed by atoms with Crippen LogP contribution in [0.5, 0.6) is 5.75 Å². The van der Waals surface area contributed by atoms with E-state index in [1.54, 1.807) is 12.1 Å². The average Bonchev–Trinajstić information content (AvgIpc) is 3.16. The van der Waals surface area contributed by atoms with E-state index in [9.17, 15) is 14.9 Å². The fourth-order valence-corrected chi connectivity index (χ4v) is 4.25. The Labute approximate surface area is 144 Å². The molecule has 2 aliphatic rings. The number of rotatable bonds is 6. The molecule has 3 rings (SSSR count). The van der Waals surface area contributed by atoms with Gasteiger partial charge in [-0.15, -0.1) is 11.8 Å². The number of nitro groups is 1. The number of thioether (sulfide) groups is 1. The zero-order chi connectivity index (χ0) is 17.1. The third kappa shape index (κ3) is 3.64. The van der Waals surface area contributed by atoms with Crippen molar-refractivity contribution < 1.29 is 14.5 Å². The van der Waals surface area contributed by atoms with Crippen LogP contribution in [0.1, 0.15) is 5.56 Å². The van der Waals surface area contributed by atoms with Crippen LogP contribution in [0.2, 0.25) is 0 Å². The Morgan fingerprint density at radius 2 is 2.12 bits per heavy atom. The highest BCUT2D eigenvalue weighted by Gasteiger charge is 2.37. The van der Waals surface area contributed by atoms with E-state index in [0.29, 0.717) is 23.3 Å². The minimum atomic E-state index is -0.449. The quantitative estimate of drug-likeness (QED) is 0.618. The summed E-state index contributed by atoms with van der Waals surface area (Å²) in [6, 6.07) is 4.92. The van der Waals surface area contributed by atoms with Crippen LogP contribution in [-0.4, -0.2) is 54.8 Å². The van der Waals surface area contributed by atoms with Gasteiger partial charge in [-0.3, -0.25) is 14.9 Å². The Morgan fingerprint density at radius 1 is 1.42 bits per heavy atom. The van der Waals surface area contributed by atoms with Gasteiger partial charge in [-0.1, -0.05) is 6.07 Å². The first-order valence-electron chi connectivity index (χ1n) is 7.96. The number of hydrogen-bond acceptors (Lipinski definition) is 6. The SMILES string of the molecule is COc1ccc(CSCC(=O)N2C[C@H]3CNC[C@H]3C2)cc1[N+](=O)[O-]. The second-order valence-electron chi connectivity index (χ2n) is 6.23. The lowest BCUT2D eigenvalue weighted by atomic mass is 10.0. The number of methoxy groups -OCH3 is 1. The van der Waals surface area contributed by atoms with Gasteiger partial charge in [-0.2, -0.15) is 0 Å². The number of nitrogens with one attached hydrogen (secondary N) is 1. The topological polar surface area (TPSA) is 84.7 Å². The summed E-state index contributed by atoms with van der Waals surface area (Å²) in [5, 5.41) is 14.4. The van der Waals surface area contributed by atoms with Crippen LogP contribution in [0.15, 0.2) is 18.2 Å². The number of nitro benzene ring substituents is 1.